The van der Waals surface area contributed by atoms with Crippen LogP contribution in [0, 0.1) is 0 Å². The number of aliphatic hydroxyl groups is 2. The Balaban J connectivity index is -0.000000231. The number of rotatable bonds is 11. The molecule has 0 aromatic heterocycles. The van der Waals surface area contributed by atoms with Crippen molar-refractivity contribution in [2.75, 3.05) is 6.61 Å². The van der Waals surface area contributed by atoms with E-state index in [1.54, 1.807) is 6.92 Å². The van der Waals surface area contributed by atoms with Gasteiger partial charge in [0.1, 0.15) is 0 Å². The number of aliphatic hydroxyl groups excluding tert-OH is 2. The lowest BCUT2D eigenvalue weighted by Crippen LogP contribution is -2.05. The van der Waals surface area contributed by atoms with Crippen LogP contribution in [0.2, 0.25) is 0 Å². The third-order valence-corrected chi connectivity index (χ3v) is 3.32. The summed E-state index contributed by atoms with van der Waals surface area (Å²) in [5, 5.41) is 49.3. The van der Waals surface area contributed by atoms with Crippen LogP contribution in [-0.2, 0) is 28.8 Å². The fourth-order valence-corrected chi connectivity index (χ4v) is 1.18. The molecule has 0 amide bonds. The van der Waals surface area contributed by atoms with E-state index in [0.717, 1.165) is 12.2 Å². The minimum atomic E-state index is -1.20. The summed E-state index contributed by atoms with van der Waals surface area (Å²) in [5.41, 5.74) is 0.138. The number of ketones is 2. The summed E-state index contributed by atoms with van der Waals surface area (Å²) in [6.45, 7) is 13.5. The molecule has 0 saturated carbocycles. The zero-order valence-electron chi connectivity index (χ0n) is 21.1. The highest BCUT2D eigenvalue weighted by Gasteiger charge is 2.08. The molecule has 0 fully saturated rings. The van der Waals surface area contributed by atoms with Gasteiger partial charge >= 0.3 is 23.9 Å². The first-order valence-corrected chi connectivity index (χ1v) is 10.2. The quantitative estimate of drug-likeness (QED) is 0.217. The Morgan fingerprint density at radius 3 is 1.03 bits per heavy atom. The number of hydrogen-bond donors (Lipinski definition) is 6. The Kier molecular flexibility index (Phi) is 25.0. The molecular weight excluding hydrogens is 480 g/mol. The summed E-state index contributed by atoms with van der Waals surface area (Å²) in [7, 11) is 0. The molecule has 0 aliphatic heterocycles. The normalized spacial score (nSPS) is 11.0. The van der Waals surface area contributed by atoms with Gasteiger partial charge in [-0.25, -0.2) is 19.2 Å². The van der Waals surface area contributed by atoms with E-state index >= 15 is 0 Å². The standard InChI is InChI=1S/C12H14O6.C4H10O2.2C4H6O2/c1-7(11(15)16)5-9(13)3-4-10(14)6-8(2)12(17)18;1-4(6)2-3-5;2*1-3(2)4(5)6/h5-6H,3-4H2,1-2H3,(H,15,16)(H,17,18);4-6H,2-3H2,1H3;2*1H2,2H3,(H,5,6). The predicted molar refractivity (Wildman–Crippen MR) is 130 cm³/mol. The van der Waals surface area contributed by atoms with Crippen molar-refractivity contribution < 1.29 is 59.4 Å². The molecule has 0 saturated heterocycles. The van der Waals surface area contributed by atoms with Crippen LogP contribution in [-0.4, -0.2) is 78.8 Å². The van der Waals surface area contributed by atoms with Gasteiger partial charge in [0.05, 0.1) is 6.10 Å². The Bertz CT molecular complexity index is 770. The highest BCUT2D eigenvalue weighted by Crippen LogP contribution is 2.02. The highest BCUT2D eigenvalue weighted by molar-refractivity contribution is 6.02. The molecule has 0 aromatic carbocycles. The van der Waals surface area contributed by atoms with Crippen molar-refractivity contribution in [3.63, 3.8) is 0 Å². The van der Waals surface area contributed by atoms with Gasteiger partial charge < -0.3 is 30.6 Å². The van der Waals surface area contributed by atoms with Crippen LogP contribution >= 0.6 is 0 Å². The molecule has 1 atom stereocenters. The molecule has 1 unspecified atom stereocenters. The maximum absolute atomic E-state index is 11.3. The fraction of sp³-hybridized carbons (Fsp3) is 0.417. The molecule has 0 radical (unpaired) electrons. The lowest BCUT2D eigenvalue weighted by molar-refractivity contribution is -0.133. The van der Waals surface area contributed by atoms with Crippen LogP contribution in [0.1, 0.15) is 53.9 Å². The molecule has 0 rings (SSSR count). The third-order valence-electron chi connectivity index (χ3n) is 3.32. The monoisotopic (exact) mass is 516 g/mol. The first kappa shape index (κ1) is 39.3. The van der Waals surface area contributed by atoms with E-state index in [9.17, 15) is 28.8 Å². The summed E-state index contributed by atoms with van der Waals surface area (Å²) >= 11 is 0. The number of aliphatic carboxylic acids is 4. The number of carboxylic acids is 4. The highest BCUT2D eigenvalue weighted by atomic mass is 16.4. The van der Waals surface area contributed by atoms with E-state index < -0.39 is 35.4 Å². The van der Waals surface area contributed by atoms with Crippen molar-refractivity contribution in [1.29, 1.82) is 0 Å². The zero-order chi connectivity index (χ0) is 29.6. The topological polar surface area (TPSA) is 224 Å². The van der Waals surface area contributed by atoms with Crippen LogP contribution in [0.15, 0.2) is 47.6 Å². The molecule has 0 aromatic rings. The van der Waals surface area contributed by atoms with Crippen LogP contribution < -0.4 is 0 Å². The first-order valence-electron chi connectivity index (χ1n) is 10.2. The molecule has 0 bridgehead atoms. The maximum Gasteiger partial charge on any atom is 0.331 e. The van der Waals surface area contributed by atoms with Gasteiger partial charge in [0, 0.05) is 41.7 Å². The second-order valence-electron chi connectivity index (χ2n) is 7.23. The third kappa shape index (κ3) is 32.3. The molecule has 0 aliphatic carbocycles. The fourth-order valence-electron chi connectivity index (χ4n) is 1.18. The smallest absolute Gasteiger partial charge is 0.331 e. The largest absolute Gasteiger partial charge is 0.478 e. The summed E-state index contributed by atoms with van der Waals surface area (Å²) in [6.07, 6.45) is 1.74. The molecule has 0 spiro atoms. The molecule has 12 nitrogen and oxygen atoms in total. The Morgan fingerprint density at radius 2 is 0.917 bits per heavy atom. The van der Waals surface area contributed by atoms with Gasteiger partial charge in [0.2, 0.25) is 0 Å². The Morgan fingerprint density at radius 1 is 0.667 bits per heavy atom. The van der Waals surface area contributed by atoms with Gasteiger partial charge in [-0.1, -0.05) is 13.2 Å². The molecule has 204 valence electrons. The molecular formula is C24H36O12. The number of carbonyl (C=O) groups excluding carboxylic acids is 2. The number of carbonyl (C=O) groups is 6. The van der Waals surface area contributed by atoms with Gasteiger partial charge in [-0.05, 0) is 53.2 Å². The first-order chi connectivity index (χ1) is 16.3. The van der Waals surface area contributed by atoms with E-state index in [0.29, 0.717) is 6.42 Å². The molecule has 6 N–H and O–H groups in total. The minimum absolute atomic E-state index is 0.0810. The number of allylic oxidation sites excluding steroid dienone is 2. The van der Waals surface area contributed by atoms with E-state index in [2.05, 4.69) is 13.2 Å². The number of hydrogen-bond acceptors (Lipinski definition) is 8. The van der Waals surface area contributed by atoms with Crippen molar-refractivity contribution in [3.05, 3.63) is 47.6 Å². The lowest BCUT2D eigenvalue weighted by atomic mass is 10.1. The Labute approximate surface area is 209 Å². The minimum Gasteiger partial charge on any atom is -0.478 e. The van der Waals surface area contributed by atoms with Crippen LogP contribution in [0.3, 0.4) is 0 Å². The molecule has 36 heavy (non-hydrogen) atoms. The van der Waals surface area contributed by atoms with E-state index in [4.69, 9.17) is 30.6 Å². The summed E-state index contributed by atoms with van der Waals surface area (Å²) in [4.78, 5) is 62.6. The molecule has 0 heterocycles. The molecule has 12 heteroatoms. The van der Waals surface area contributed by atoms with Gasteiger partial charge in [-0.2, -0.15) is 0 Å². The van der Waals surface area contributed by atoms with E-state index in [1.807, 2.05) is 0 Å². The van der Waals surface area contributed by atoms with Gasteiger partial charge in [-0.3, -0.25) is 9.59 Å². The second-order valence-corrected chi connectivity index (χ2v) is 7.23. The van der Waals surface area contributed by atoms with Crippen molar-refractivity contribution >= 4 is 35.4 Å². The van der Waals surface area contributed by atoms with Crippen molar-refractivity contribution in [3.8, 4) is 0 Å². The van der Waals surface area contributed by atoms with Crippen LogP contribution in [0.25, 0.3) is 0 Å². The Hall–Kier alpha value is -3.90. The predicted octanol–water partition coefficient (Wildman–Crippen LogP) is 2.01. The molecule has 0 aliphatic rings. The maximum atomic E-state index is 11.3. The van der Waals surface area contributed by atoms with Crippen molar-refractivity contribution in [2.24, 2.45) is 0 Å². The van der Waals surface area contributed by atoms with E-state index in [-0.39, 0.29) is 47.8 Å². The second kappa shape index (κ2) is 22.9. The lowest BCUT2D eigenvalue weighted by Gasteiger charge is -1.96. The van der Waals surface area contributed by atoms with Crippen molar-refractivity contribution in [2.45, 2.75) is 60.0 Å². The average Bonchev–Trinajstić information content (AvgIpc) is 2.73. The summed E-state index contributed by atoms with van der Waals surface area (Å²) in [6, 6.07) is 0. The zero-order valence-corrected chi connectivity index (χ0v) is 21.1. The van der Waals surface area contributed by atoms with Crippen LogP contribution in [0.5, 0.6) is 0 Å². The summed E-state index contributed by atoms with van der Waals surface area (Å²) in [5.74, 6) is -5.23. The van der Waals surface area contributed by atoms with Gasteiger partial charge in [0.15, 0.2) is 11.6 Å². The summed E-state index contributed by atoms with van der Waals surface area (Å²) < 4.78 is 0. The number of carboxylic acid groups (broad SMARTS) is 4. The van der Waals surface area contributed by atoms with Gasteiger partial charge in [-0.15, -0.1) is 0 Å². The van der Waals surface area contributed by atoms with Crippen molar-refractivity contribution in [1.82, 2.24) is 0 Å². The van der Waals surface area contributed by atoms with E-state index in [1.165, 1.54) is 27.7 Å². The van der Waals surface area contributed by atoms with Crippen LogP contribution in [0.4, 0.5) is 0 Å². The SMILES string of the molecule is C=C(C)C(=O)O.C=C(C)C(=O)O.CC(=CC(=O)CCC(=O)C=C(C)C(=O)O)C(=O)O.CC(O)CCO. The van der Waals surface area contributed by atoms with Gasteiger partial charge in [0.25, 0.3) is 0 Å². The average molecular weight is 517 g/mol.